The van der Waals surface area contributed by atoms with Gasteiger partial charge in [0.15, 0.2) is 0 Å². The van der Waals surface area contributed by atoms with E-state index in [1.54, 1.807) is 0 Å². The quantitative estimate of drug-likeness (QED) is 0.842. The van der Waals surface area contributed by atoms with E-state index in [2.05, 4.69) is 51.8 Å². The molecule has 0 aromatic rings. The van der Waals surface area contributed by atoms with Gasteiger partial charge in [0.1, 0.15) is 0 Å². The number of hydrogen-bond donors (Lipinski definition) is 1. The van der Waals surface area contributed by atoms with Crippen LogP contribution in [0.1, 0.15) is 60.8 Å². The van der Waals surface area contributed by atoms with E-state index in [-0.39, 0.29) is 5.60 Å². The zero-order valence-corrected chi connectivity index (χ0v) is 14.3. The third kappa shape index (κ3) is 3.75. The minimum absolute atomic E-state index is 0.0450. The molecule has 0 saturated carbocycles. The van der Waals surface area contributed by atoms with E-state index < -0.39 is 0 Å². The Bertz CT molecular complexity index is 318. The van der Waals surface area contributed by atoms with Gasteiger partial charge in [-0.25, -0.2) is 0 Å². The van der Waals surface area contributed by atoms with Crippen LogP contribution >= 0.6 is 0 Å². The van der Waals surface area contributed by atoms with Crippen LogP contribution in [0.25, 0.3) is 0 Å². The maximum Gasteiger partial charge on any atom is 0.0641 e. The second-order valence-electron chi connectivity index (χ2n) is 8.34. The first-order chi connectivity index (χ1) is 9.23. The first-order valence-electron chi connectivity index (χ1n) is 8.36. The maximum atomic E-state index is 5.91. The summed E-state index contributed by atoms with van der Waals surface area (Å²) in [5.41, 5.74) is 0.376. The van der Waals surface area contributed by atoms with Gasteiger partial charge in [-0.1, -0.05) is 27.7 Å². The van der Waals surface area contributed by atoms with E-state index in [0.29, 0.717) is 23.5 Å². The molecule has 0 amide bonds. The van der Waals surface area contributed by atoms with E-state index in [1.807, 2.05) is 0 Å². The Morgan fingerprint density at radius 3 is 2.55 bits per heavy atom. The maximum absolute atomic E-state index is 5.91. The number of nitrogens with one attached hydrogen (secondary N) is 1. The smallest absolute Gasteiger partial charge is 0.0641 e. The molecule has 3 nitrogen and oxygen atoms in total. The molecule has 0 aromatic carbocycles. The number of hydrogen-bond acceptors (Lipinski definition) is 3. The molecule has 2 saturated heterocycles. The van der Waals surface area contributed by atoms with Crippen LogP contribution in [0.4, 0.5) is 0 Å². The number of piperazine rings is 1. The molecule has 1 N–H and O–H groups in total. The highest BCUT2D eigenvalue weighted by atomic mass is 16.5. The zero-order chi connectivity index (χ0) is 15.0. The van der Waals surface area contributed by atoms with Crippen LogP contribution in [0.2, 0.25) is 0 Å². The molecule has 0 radical (unpaired) electrons. The van der Waals surface area contributed by atoms with Crippen molar-refractivity contribution in [2.45, 2.75) is 84.5 Å². The molecule has 2 aliphatic rings. The number of rotatable bonds is 2. The fourth-order valence-electron chi connectivity index (χ4n) is 3.71. The summed E-state index contributed by atoms with van der Waals surface area (Å²) in [6.07, 6.45) is 3.60. The van der Waals surface area contributed by atoms with Crippen molar-refractivity contribution in [1.29, 1.82) is 0 Å². The Hall–Kier alpha value is -0.120. The first kappa shape index (κ1) is 16.3. The van der Waals surface area contributed by atoms with Crippen molar-refractivity contribution < 1.29 is 4.74 Å². The zero-order valence-electron chi connectivity index (χ0n) is 14.3. The minimum atomic E-state index is 0.0450. The van der Waals surface area contributed by atoms with Crippen LogP contribution < -0.4 is 5.32 Å². The second-order valence-corrected chi connectivity index (χ2v) is 8.34. The summed E-state index contributed by atoms with van der Waals surface area (Å²) in [7, 11) is 0. The SMILES string of the molecule is CCC1CNC(C(C)(C)C)CN1C1CCOC(C)(C)C1. The Kier molecular flexibility index (Phi) is 4.83. The van der Waals surface area contributed by atoms with E-state index >= 15 is 0 Å². The Morgan fingerprint density at radius 2 is 2.00 bits per heavy atom. The van der Waals surface area contributed by atoms with E-state index in [0.717, 1.165) is 13.2 Å². The molecule has 3 atom stereocenters. The van der Waals surface area contributed by atoms with Crippen molar-refractivity contribution >= 4 is 0 Å². The molecule has 2 heterocycles. The molecular weight excluding hydrogens is 248 g/mol. The molecule has 0 spiro atoms. The van der Waals surface area contributed by atoms with E-state index in [1.165, 1.54) is 25.8 Å². The highest BCUT2D eigenvalue weighted by molar-refractivity contribution is 4.96. The average molecular weight is 282 g/mol. The molecule has 2 fully saturated rings. The molecule has 2 rings (SSSR count). The van der Waals surface area contributed by atoms with Crippen molar-refractivity contribution in [3.05, 3.63) is 0 Å². The van der Waals surface area contributed by atoms with E-state index in [4.69, 9.17) is 4.74 Å². The normalized spacial score (nSPS) is 36.0. The summed E-state index contributed by atoms with van der Waals surface area (Å²) >= 11 is 0. The summed E-state index contributed by atoms with van der Waals surface area (Å²) in [5, 5.41) is 3.78. The van der Waals surface area contributed by atoms with Crippen molar-refractivity contribution in [2.24, 2.45) is 5.41 Å². The minimum Gasteiger partial charge on any atom is -0.375 e. The Morgan fingerprint density at radius 1 is 1.30 bits per heavy atom. The third-order valence-corrected chi connectivity index (χ3v) is 5.12. The van der Waals surface area contributed by atoms with Crippen molar-refractivity contribution in [1.82, 2.24) is 10.2 Å². The Labute approximate surface area is 125 Å². The summed E-state index contributed by atoms with van der Waals surface area (Å²) in [5.74, 6) is 0. The lowest BCUT2D eigenvalue weighted by Crippen LogP contribution is -2.63. The van der Waals surface area contributed by atoms with Crippen molar-refractivity contribution in [3.8, 4) is 0 Å². The highest BCUT2D eigenvalue weighted by Crippen LogP contribution is 2.32. The number of nitrogens with zero attached hydrogens (tertiary/aromatic N) is 1. The van der Waals surface area contributed by atoms with Gasteiger partial charge in [0.25, 0.3) is 0 Å². The second kappa shape index (κ2) is 5.94. The van der Waals surface area contributed by atoms with Gasteiger partial charge in [-0.15, -0.1) is 0 Å². The Balaban J connectivity index is 2.09. The predicted octanol–water partition coefficient (Wildman–Crippen LogP) is 3.04. The van der Waals surface area contributed by atoms with Gasteiger partial charge in [0.05, 0.1) is 5.60 Å². The summed E-state index contributed by atoms with van der Waals surface area (Å²) in [6, 6.07) is 1.97. The van der Waals surface area contributed by atoms with Gasteiger partial charge in [0, 0.05) is 37.8 Å². The molecule has 2 aliphatic heterocycles. The van der Waals surface area contributed by atoms with Crippen molar-refractivity contribution in [3.63, 3.8) is 0 Å². The third-order valence-electron chi connectivity index (χ3n) is 5.12. The highest BCUT2D eigenvalue weighted by Gasteiger charge is 2.39. The molecule has 3 unspecified atom stereocenters. The fourth-order valence-corrected chi connectivity index (χ4v) is 3.71. The predicted molar refractivity (Wildman–Crippen MR) is 85.1 cm³/mol. The van der Waals surface area contributed by atoms with Gasteiger partial charge in [0.2, 0.25) is 0 Å². The first-order valence-corrected chi connectivity index (χ1v) is 8.36. The lowest BCUT2D eigenvalue weighted by atomic mass is 9.83. The van der Waals surface area contributed by atoms with Gasteiger partial charge in [-0.2, -0.15) is 0 Å². The van der Waals surface area contributed by atoms with Crippen LogP contribution in [-0.4, -0.2) is 48.3 Å². The monoisotopic (exact) mass is 282 g/mol. The standard InChI is InChI=1S/C17H34N2O/c1-7-13-11-18-15(16(2,3)4)12-19(13)14-8-9-20-17(5,6)10-14/h13-15,18H,7-12H2,1-6H3. The lowest BCUT2D eigenvalue weighted by molar-refractivity contribution is -0.0967. The topological polar surface area (TPSA) is 24.5 Å². The fraction of sp³-hybridized carbons (Fsp3) is 1.00. The molecular formula is C17H34N2O. The molecule has 118 valence electrons. The molecule has 0 aromatic heterocycles. The van der Waals surface area contributed by atoms with E-state index in [9.17, 15) is 0 Å². The lowest BCUT2D eigenvalue weighted by Gasteiger charge is -2.50. The molecule has 0 bridgehead atoms. The van der Waals surface area contributed by atoms with Crippen LogP contribution in [0.15, 0.2) is 0 Å². The number of ether oxygens (including phenoxy) is 1. The van der Waals surface area contributed by atoms with Gasteiger partial charge < -0.3 is 10.1 Å². The largest absolute Gasteiger partial charge is 0.375 e. The van der Waals surface area contributed by atoms with Gasteiger partial charge >= 0.3 is 0 Å². The van der Waals surface area contributed by atoms with Crippen LogP contribution in [-0.2, 0) is 4.74 Å². The average Bonchev–Trinajstić information content (AvgIpc) is 2.35. The van der Waals surface area contributed by atoms with Gasteiger partial charge in [-0.05, 0) is 38.5 Å². The van der Waals surface area contributed by atoms with Crippen LogP contribution in [0, 0.1) is 5.41 Å². The summed E-state index contributed by atoms with van der Waals surface area (Å²) < 4.78 is 5.91. The summed E-state index contributed by atoms with van der Waals surface area (Å²) in [6.45, 7) is 17.1. The summed E-state index contributed by atoms with van der Waals surface area (Å²) in [4.78, 5) is 2.79. The van der Waals surface area contributed by atoms with Crippen molar-refractivity contribution in [2.75, 3.05) is 19.7 Å². The molecule has 0 aliphatic carbocycles. The van der Waals surface area contributed by atoms with Crippen LogP contribution in [0.5, 0.6) is 0 Å². The van der Waals surface area contributed by atoms with Crippen LogP contribution in [0.3, 0.4) is 0 Å². The van der Waals surface area contributed by atoms with Gasteiger partial charge in [-0.3, -0.25) is 4.90 Å². The molecule has 20 heavy (non-hydrogen) atoms. The molecule has 3 heteroatoms.